The molecular formula is C16H19FN6O3. The van der Waals surface area contributed by atoms with Crippen molar-refractivity contribution in [3.63, 3.8) is 0 Å². The van der Waals surface area contributed by atoms with Crippen LogP contribution in [0.15, 0.2) is 24.3 Å². The molecule has 138 valence electrons. The Morgan fingerprint density at radius 2 is 2.08 bits per heavy atom. The Kier molecular flexibility index (Phi) is 4.74. The highest BCUT2D eigenvalue weighted by Crippen LogP contribution is 2.32. The molecule has 2 N–H and O–H groups in total. The van der Waals surface area contributed by atoms with Crippen LogP contribution in [0.4, 0.5) is 26.4 Å². The molecule has 2 heterocycles. The number of aromatic nitrogens is 2. The maximum absolute atomic E-state index is 12.9. The summed E-state index contributed by atoms with van der Waals surface area (Å²) in [7, 11) is 1.66. The van der Waals surface area contributed by atoms with E-state index >= 15 is 0 Å². The highest BCUT2D eigenvalue weighted by molar-refractivity contribution is 5.89. The Morgan fingerprint density at radius 3 is 2.73 bits per heavy atom. The van der Waals surface area contributed by atoms with Gasteiger partial charge in [-0.2, -0.15) is 5.10 Å². The lowest BCUT2D eigenvalue weighted by Crippen LogP contribution is -2.40. The maximum atomic E-state index is 12.9. The number of hydrogen-bond acceptors (Lipinski definition) is 5. The molecule has 9 nitrogen and oxygen atoms in total. The number of halogens is 1. The van der Waals surface area contributed by atoms with Crippen molar-refractivity contribution in [1.82, 2.24) is 15.1 Å². The standard InChI is InChI=1S/C16H19FN6O3/c1-10-14(23(25)26)15(21(2)20-10)22-8-7-13(9-22)19-16(24)18-12-5-3-11(17)4-6-12/h3-6,13H,7-9H2,1-2H3,(H2,18,19,24). The van der Waals surface area contributed by atoms with Crippen molar-refractivity contribution in [2.45, 2.75) is 19.4 Å². The molecule has 3 rings (SSSR count). The lowest BCUT2D eigenvalue weighted by Gasteiger charge is -2.18. The van der Waals surface area contributed by atoms with Crippen LogP contribution in [0.1, 0.15) is 12.1 Å². The average Bonchev–Trinajstić information content (AvgIpc) is 3.13. The van der Waals surface area contributed by atoms with E-state index in [0.717, 1.165) is 0 Å². The van der Waals surface area contributed by atoms with Gasteiger partial charge in [0, 0.05) is 31.9 Å². The number of nitrogens with zero attached hydrogens (tertiary/aromatic N) is 4. The first kappa shape index (κ1) is 17.6. The summed E-state index contributed by atoms with van der Waals surface area (Å²) in [5, 5.41) is 20.9. The zero-order valence-corrected chi connectivity index (χ0v) is 14.4. The second-order valence-electron chi connectivity index (χ2n) is 6.18. The summed E-state index contributed by atoms with van der Waals surface area (Å²) < 4.78 is 14.4. The third-order valence-corrected chi connectivity index (χ3v) is 4.27. The molecule has 0 saturated carbocycles. The number of carbonyl (C=O) groups is 1. The second kappa shape index (κ2) is 6.98. The molecule has 1 saturated heterocycles. The number of hydrogen-bond donors (Lipinski definition) is 2. The third kappa shape index (κ3) is 3.58. The first-order chi connectivity index (χ1) is 12.3. The SMILES string of the molecule is Cc1nn(C)c(N2CCC(NC(=O)Nc3ccc(F)cc3)C2)c1[N+](=O)[O-]. The fourth-order valence-corrected chi connectivity index (χ4v) is 3.16. The Balaban J connectivity index is 1.63. The Hall–Kier alpha value is -3.17. The minimum absolute atomic E-state index is 0.0103. The van der Waals surface area contributed by atoms with E-state index in [9.17, 15) is 19.3 Å². The Labute approximate surface area is 148 Å². The van der Waals surface area contributed by atoms with Crippen LogP contribution in [0.3, 0.4) is 0 Å². The van der Waals surface area contributed by atoms with Gasteiger partial charge in [-0.05, 0) is 37.6 Å². The van der Waals surface area contributed by atoms with Crippen molar-refractivity contribution in [3.8, 4) is 0 Å². The zero-order chi connectivity index (χ0) is 18.8. The van der Waals surface area contributed by atoms with Crippen molar-refractivity contribution in [2.75, 3.05) is 23.3 Å². The minimum Gasteiger partial charge on any atom is -0.349 e. The molecular weight excluding hydrogens is 343 g/mol. The van der Waals surface area contributed by atoms with Gasteiger partial charge in [-0.25, -0.2) is 13.9 Å². The van der Waals surface area contributed by atoms with Crippen molar-refractivity contribution >= 4 is 23.2 Å². The predicted octanol–water partition coefficient (Wildman–Crippen LogP) is 2.18. The number of urea groups is 1. The summed E-state index contributed by atoms with van der Waals surface area (Å²) in [5.41, 5.74) is 0.832. The van der Waals surface area contributed by atoms with E-state index in [1.165, 1.54) is 28.9 Å². The van der Waals surface area contributed by atoms with Gasteiger partial charge in [-0.3, -0.25) is 10.1 Å². The molecule has 2 aromatic rings. The molecule has 1 aliphatic heterocycles. The van der Waals surface area contributed by atoms with E-state index in [4.69, 9.17) is 0 Å². The van der Waals surface area contributed by atoms with Gasteiger partial charge in [-0.15, -0.1) is 0 Å². The quantitative estimate of drug-likeness (QED) is 0.641. The van der Waals surface area contributed by atoms with E-state index in [1.54, 1.807) is 14.0 Å². The fraction of sp³-hybridized carbons (Fsp3) is 0.375. The molecule has 1 atom stereocenters. The predicted molar refractivity (Wildman–Crippen MR) is 93.8 cm³/mol. The van der Waals surface area contributed by atoms with Crippen LogP contribution in [0.2, 0.25) is 0 Å². The second-order valence-corrected chi connectivity index (χ2v) is 6.18. The summed E-state index contributed by atoms with van der Waals surface area (Å²) >= 11 is 0. The van der Waals surface area contributed by atoms with Crippen LogP contribution in [-0.4, -0.2) is 39.9 Å². The molecule has 1 aliphatic rings. The molecule has 26 heavy (non-hydrogen) atoms. The lowest BCUT2D eigenvalue weighted by atomic mass is 10.2. The molecule has 1 fully saturated rings. The number of nitrogens with one attached hydrogen (secondary N) is 2. The summed E-state index contributed by atoms with van der Waals surface area (Å²) in [6.07, 6.45) is 0.651. The smallest absolute Gasteiger partial charge is 0.333 e. The highest BCUT2D eigenvalue weighted by atomic mass is 19.1. The topological polar surface area (TPSA) is 105 Å². The van der Waals surface area contributed by atoms with Crippen molar-refractivity contribution in [1.29, 1.82) is 0 Å². The summed E-state index contributed by atoms with van der Waals surface area (Å²) in [4.78, 5) is 24.8. The first-order valence-corrected chi connectivity index (χ1v) is 8.11. The molecule has 0 bridgehead atoms. The van der Waals surface area contributed by atoms with E-state index in [2.05, 4.69) is 15.7 Å². The highest BCUT2D eigenvalue weighted by Gasteiger charge is 2.33. The third-order valence-electron chi connectivity index (χ3n) is 4.27. The molecule has 2 amide bonds. The van der Waals surface area contributed by atoms with Gasteiger partial charge in [0.2, 0.25) is 5.82 Å². The number of rotatable bonds is 4. The summed E-state index contributed by atoms with van der Waals surface area (Å²) in [5.74, 6) is 0.0613. The molecule has 1 aromatic heterocycles. The maximum Gasteiger partial charge on any atom is 0.333 e. The normalized spacial score (nSPS) is 16.6. The van der Waals surface area contributed by atoms with Gasteiger partial charge < -0.3 is 15.5 Å². The number of aryl methyl sites for hydroxylation is 2. The molecule has 0 radical (unpaired) electrons. The van der Waals surface area contributed by atoms with Crippen LogP contribution >= 0.6 is 0 Å². The van der Waals surface area contributed by atoms with Gasteiger partial charge in [0.05, 0.1) is 4.92 Å². The van der Waals surface area contributed by atoms with Gasteiger partial charge in [0.25, 0.3) is 0 Å². The van der Waals surface area contributed by atoms with Gasteiger partial charge in [0.15, 0.2) is 0 Å². The fourth-order valence-electron chi connectivity index (χ4n) is 3.16. The van der Waals surface area contributed by atoms with Gasteiger partial charge in [0.1, 0.15) is 11.5 Å². The number of amides is 2. The van der Waals surface area contributed by atoms with Crippen molar-refractivity contribution in [3.05, 3.63) is 45.9 Å². The van der Waals surface area contributed by atoms with E-state index in [0.29, 0.717) is 36.7 Å². The molecule has 10 heteroatoms. The molecule has 1 aromatic carbocycles. The summed E-state index contributed by atoms with van der Waals surface area (Å²) in [6, 6.07) is 4.90. The van der Waals surface area contributed by atoms with Gasteiger partial charge >= 0.3 is 11.7 Å². The zero-order valence-electron chi connectivity index (χ0n) is 14.4. The number of anilines is 2. The van der Waals surface area contributed by atoms with Crippen molar-refractivity contribution < 1.29 is 14.1 Å². The molecule has 0 aliphatic carbocycles. The van der Waals surface area contributed by atoms with Crippen LogP contribution < -0.4 is 15.5 Å². The van der Waals surface area contributed by atoms with Crippen LogP contribution in [0.25, 0.3) is 0 Å². The molecule has 0 spiro atoms. The number of nitro groups is 1. The Bertz CT molecular complexity index is 835. The van der Waals surface area contributed by atoms with Crippen molar-refractivity contribution in [2.24, 2.45) is 7.05 Å². The minimum atomic E-state index is -0.431. The largest absolute Gasteiger partial charge is 0.349 e. The van der Waals surface area contributed by atoms with E-state index < -0.39 is 11.0 Å². The van der Waals surface area contributed by atoms with Crippen LogP contribution in [0, 0.1) is 22.9 Å². The number of carbonyl (C=O) groups excluding carboxylic acids is 1. The monoisotopic (exact) mass is 362 g/mol. The van der Waals surface area contributed by atoms with Crippen LogP contribution in [0.5, 0.6) is 0 Å². The van der Waals surface area contributed by atoms with E-state index in [1.807, 2.05) is 4.90 Å². The number of benzene rings is 1. The van der Waals surface area contributed by atoms with Gasteiger partial charge in [-0.1, -0.05) is 0 Å². The average molecular weight is 362 g/mol. The van der Waals surface area contributed by atoms with E-state index in [-0.39, 0.29) is 17.5 Å². The first-order valence-electron chi connectivity index (χ1n) is 8.11. The Morgan fingerprint density at radius 1 is 1.38 bits per heavy atom. The summed E-state index contributed by atoms with van der Waals surface area (Å²) in [6.45, 7) is 2.61. The van der Waals surface area contributed by atoms with Crippen LogP contribution in [-0.2, 0) is 7.05 Å². The lowest BCUT2D eigenvalue weighted by molar-refractivity contribution is -0.384. The molecule has 1 unspecified atom stereocenters.